The van der Waals surface area contributed by atoms with Crippen molar-refractivity contribution in [3.63, 3.8) is 0 Å². The lowest BCUT2D eigenvalue weighted by Crippen LogP contribution is -2.35. The zero-order valence-corrected chi connectivity index (χ0v) is 10.4. The van der Waals surface area contributed by atoms with E-state index in [1.807, 2.05) is 0 Å². The van der Waals surface area contributed by atoms with Crippen molar-refractivity contribution in [2.75, 3.05) is 0 Å². The van der Waals surface area contributed by atoms with E-state index in [9.17, 15) is 9.90 Å². The van der Waals surface area contributed by atoms with Crippen molar-refractivity contribution in [1.29, 1.82) is 0 Å². The van der Waals surface area contributed by atoms with Crippen LogP contribution in [0.3, 0.4) is 0 Å². The Labute approximate surface area is 106 Å². The molecule has 0 spiro atoms. The molecular formula is C13H17N3O2. The molecule has 0 aromatic carbocycles. The fourth-order valence-corrected chi connectivity index (χ4v) is 3.58. The summed E-state index contributed by atoms with van der Waals surface area (Å²) in [6, 6.07) is 0.721. The molecule has 0 radical (unpaired) electrons. The van der Waals surface area contributed by atoms with Gasteiger partial charge in [-0.1, -0.05) is 0 Å². The average Bonchev–Trinajstić information content (AvgIpc) is 2.96. The molecule has 96 valence electrons. The van der Waals surface area contributed by atoms with E-state index in [1.165, 1.54) is 0 Å². The Morgan fingerprint density at radius 1 is 1.50 bits per heavy atom. The standard InChI is InChI=1S/C13H17N3O2/c1-8(11-7-14-4-5-15-11)16-9-2-3-12(16)10(6-9)13(17)18/h4-5,7-10,12H,2-3,6H2,1H3,(H,17,18). The number of hydrogen-bond donors (Lipinski definition) is 1. The van der Waals surface area contributed by atoms with Crippen molar-refractivity contribution in [1.82, 2.24) is 14.9 Å². The lowest BCUT2D eigenvalue weighted by Gasteiger charge is -2.29. The number of aromatic nitrogens is 2. The molecule has 1 aromatic rings. The van der Waals surface area contributed by atoms with E-state index in [0.29, 0.717) is 6.04 Å². The van der Waals surface area contributed by atoms with Gasteiger partial charge in [-0.15, -0.1) is 0 Å². The van der Waals surface area contributed by atoms with E-state index in [4.69, 9.17) is 0 Å². The summed E-state index contributed by atoms with van der Waals surface area (Å²) in [6.07, 6.45) is 8.02. The van der Waals surface area contributed by atoms with Crippen molar-refractivity contribution >= 4 is 5.97 Å². The minimum absolute atomic E-state index is 0.153. The Balaban J connectivity index is 1.84. The lowest BCUT2D eigenvalue weighted by atomic mass is 9.89. The summed E-state index contributed by atoms with van der Waals surface area (Å²) in [6.45, 7) is 2.10. The number of hydrogen-bond acceptors (Lipinski definition) is 4. The summed E-state index contributed by atoms with van der Waals surface area (Å²) in [5, 5.41) is 9.25. The highest BCUT2D eigenvalue weighted by Gasteiger charge is 2.51. The van der Waals surface area contributed by atoms with Gasteiger partial charge in [-0.25, -0.2) is 0 Å². The van der Waals surface area contributed by atoms with Crippen molar-refractivity contribution in [3.05, 3.63) is 24.3 Å². The Morgan fingerprint density at radius 2 is 2.33 bits per heavy atom. The molecule has 0 saturated carbocycles. The third-order valence-corrected chi connectivity index (χ3v) is 4.37. The minimum atomic E-state index is -0.654. The number of carboxylic acids is 1. The van der Waals surface area contributed by atoms with Crippen LogP contribution >= 0.6 is 0 Å². The van der Waals surface area contributed by atoms with Gasteiger partial charge in [-0.2, -0.15) is 0 Å². The van der Waals surface area contributed by atoms with Crippen molar-refractivity contribution < 1.29 is 9.90 Å². The molecule has 1 aromatic heterocycles. The first-order chi connectivity index (χ1) is 8.68. The average molecular weight is 247 g/mol. The molecule has 4 atom stereocenters. The number of carbonyl (C=O) groups is 1. The highest BCUT2D eigenvalue weighted by molar-refractivity contribution is 5.71. The predicted molar refractivity (Wildman–Crippen MR) is 64.8 cm³/mol. The van der Waals surface area contributed by atoms with E-state index in [-0.39, 0.29) is 18.0 Å². The molecule has 1 N–H and O–H groups in total. The number of carboxylic acid groups (broad SMARTS) is 1. The zero-order chi connectivity index (χ0) is 12.7. The van der Waals surface area contributed by atoms with E-state index in [1.54, 1.807) is 18.6 Å². The van der Waals surface area contributed by atoms with Crippen LogP contribution in [0.15, 0.2) is 18.6 Å². The van der Waals surface area contributed by atoms with Crippen LogP contribution in [0.4, 0.5) is 0 Å². The highest BCUT2D eigenvalue weighted by atomic mass is 16.4. The second-order valence-electron chi connectivity index (χ2n) is 5.23. The Morgan fingerprint density at radius 3 is 2.94 bits per heavy atom. The van der Waals surface area contributed by atoms with Crippen molar-refractivity contribution in [3.8, 4) is 0 Å². The van der Waals surface area contributed by atoms with Crippen LogP contribution in [0.2, 0.25) is 0 Å². The molecule has 3 rings (SSSR count). The normalized spacial score (nSPS) is 32.6. The maximum absolute atomic E-state index is 11.2. The zero-order valence-electron chi connectivity index (χ0n) is 10.4. The van der Waals surface area contributed by atoms with Crippen LogP contribution in [0.25, 0.3) is 0 Å². The van der Waals surface area contributed by atoms with Gasteiger partial charge in [0.15, 0.2) is 0 Å². The molecule has 3 heterocycles. The molecule has 2 bridgehead atoms. The molecule has 0 amide bonds. The summed E-state index contributed by atoms with van der Waals surface area (Å²) < 4.78 is 0. The van der Waals surface area contributed by atoms with Gasteiger partial charge in [0.2, 0.25) is 0 Å². The van der Waals surface area contributed by atoms with Gasteiger partial charge in [0.25, 0.3) is 0 Å². The van der Waals surface area contributed by atoms with E-state index in [2.05, 4.69) is 21.8 Å². The molecule has 2 aliphatic rings. The SMILES string of the molecule is CC(c1cnccn1)N1C2CCC1C(C(=O)O)C2. The molecule has 18 heavy (non-hydrogen) atoms. The quantitative estimate of drug-likeness (QED) is 0.876. The number of nitrogens with zero attached hydrogens (tertiary/aromatic N) is 3. The van der Waals surface area contributed by atoms with Crippen LogP contribution < -0.4 is 0 Å². The Bertz CT molecular complexity index is 451. The third-order valence-electron chi connectivity index (χ3n) is 4.37. The summed E-state index contributed by atoms with van der Waals surface area (Å²) in [4.78, 5) is 22.0. The third kappa shape index (κ3) is 1.70. The van der Waals surface area contributed by atoms with Gasteiger partial charge in [-0.3, -0.25) is 19.7 Å². The molecule has 4 unspecified atom stereocenters. The van der Waals surface area contributed by atoms with E-state index in [0.717, 1.165) is 25.0 Å². The van der Waals surface area contributed by atoms with E-state index < -0.39 is 5.97 Å². The van der Waals surface area contributed by atoms with E-state index >= 15 is 0 Å². The van der Waals surface area contributed by atoms with Gasteiger partial charge in [-0.05, 0) is 26.2 Å². The molecule has 2 fully saturated rings. The second kappa shape index (κ2) is 4.31. The molecule has 5 heteroatoms. The van der Waals surface area contributed by atoms with Crippen molar-refractivity contribution in [2.45, 2.75) is 44.3 Å². The van der Waals surface area contributed by atoms with Gasteiger partial charge in [0.05, 0.1) is 17.7 Å². The van der Waals surface area contributed by atoms with Crippen LogP contribution in [-0.2, 0) is 4.79 Å². The first kappa shape index (κ1) is 11.6. The summed E-state index contributed by atoms with van der Waals surface area (Å²) >= 11 is 0. The summed E-state index contributed by atoms with van der Waals surface area (Å²) in [5.41, 5.74) is 0.931. The van der Waals surface area contributed by atoms with Gasteiger partial charge in [0.1, 0.15) is 0 Å². The lowest BCUT2D eigenvalue weighted by molar-refractivity contribution is -0.142. The molecule has 2 saturated heterocycles. The first-order valence-corrected chi connectivity index (χ1v) is 6.44. The molecule has 2 aliphatic heterocycles. The largest absolute Gasteiger partial charge is 0.481 e. The molecule has 5 nitrogen and oxygen atoms in total. The maximum Gasteiger partial charge on any atom is 0.308 e. The summed E-state index contributed by atoms with van der Waals surface area (Å²) in [5.74, 6) is -0.860. The van der Waals surface area contributed by atoms with Crippen LogP contribution in [-0.4, -0.2) is 38.0 Å². The monoisotopic (exact) mass is 247 g/mol. The number of aliphatic carboxylic acids is 1. The second-order valence-corrected chi connectivity index (χ2v) is 5.23. The summed E-state index contributed by atoms with van der Waals surface area (Å²) in [7, 11) is 0. The number of rotatable bonds is 3. The van der Waals surface area contributed by atoms with Gasteiger partial charge >= 0.3 is 5.97 Å². The predicted octanol–water partition coefficient (Wildman–Crippen LogP) is 1.48. The first-order valence-electron chi connectivity index (χ1n) is 6.44. The van der Waals surface area contributed by atoms with Crippen LogP contribution in [0, 0.1) is 5.92 Å². The van der Waals surface area contributed by atoms with Crippen LogP contribution in [0.5, 0.6) is 0 Å². The fourth-order valence-electron chi connectivity index (χ4n) is 3.58. The molecular weight excluding hydrogens is 230 g/mol. The van der Waals surface area contributed by atoms with Gasteiger partial charge in [0, 0.05) is 30.7 Å². The highest BCUT2D eigenvalue weighted by Crippen LogP contribution is 2.45. The molecule has 0 aliphatic carbocycles. The number of fused-ring (bicyclic) bond motifs is 2. The smallest absolute Gasteiger partial charge is 0.308 e. The van der Waals surface area contributed by atoms with Crippen molar-refractivity contribution in [2.24, 2.45) is 5.92 Å². The Hall–Kier alpha value is -1.49. The Kier molecular flexibility index (Phi) is 2.78. The topological polar surface area (TPSA) is 66.3 Å². The fraction of sp³-hybridized carbons (Fsp3) is 0.615. The maximum atomic E-state index is 11.2. The minimum Gasteiger partial charge on any atom is -0.481 e. The van der Waals surface area contributed by atoms with Gasteiger partial charge < -0.3 is 5.11 Å². The van der Waals surface area contributed by atoms with Crippen LogP contribution in [0.1, 0.15) is 37.9 Å².